The molecule has 1 saturated carbocycles. The summed E-state index contributed by atoms with van der Waals surface area (Å²) in [5.41, 5.74) is 1.27. The van der Waals surface area contributed by atoms with Gasteiger partial charge in [0.2, 0.25) is 5.82 Å². The molecule has 0 bridgehead atoms. The van der Waals surface area contributed by atoms with Crippen molar-refractivity contribution >= 4 is 5.82 Å². The van der Waals surface area contributed by atoms with Crippen LogP contribution in [0.2, 0.25) is 0 Å². The van der Waals surface area contributed by atoms with Gasteiger partial charge >= 0.3 is 0 Å². The van der Waals surface area contributed by atoms with Crippen molar-refractivity contribution in [3.8, 4) is 23.1 Å². The second kappa shape index (κ2) is 8.82. The van der Waals surface area contributed by atoms with Crippen LogP contribution < -0.4 is 15.8 Å². The van der Waals surface area contributed by atoms with Gasteiger partial charge in [0.1, 0.15) is 17.7 Å². The summed E-state index contributed by atoms with van der Waals surface area (Å²) < 4.78 is 31.5. The molecule has 8 heteroatoms. The number of aromatic nitrogens is 2. The molecule has 0 radical (unpaired) electrons. The number of piperidine rings is 1. The molecule has 3 aromatic rings. The van der Waals surface area contributed by atoms with E-state index < -0.39 is 17.2 Å². The maximum atomic E-state index is 15.6. The molecule has 3 aliphatic rings. The summed E-state index contributed by atoms with van der Waals surface area (Å²) in [4.78, 5) is 20.0. The maximum absolute atomic E-state index is 15.6. The number of nitrogens with zero attached hydrogens (tertiary/aromatic N) is 4. The molecular weight excluding hydrogens is 460 g/mol. The van der Waals surface area contributed by atoms with Gasteiger partial charge in [0.05, 0.1) is 11.3 Å². The Morgan fingerprint density at radius 2 is 1.81 bits per heavy atom. The highest BCUT2D eigenvalue weighted by Gasteiger charge is 2.38. The standard InChI is InChI=1S/C28H27F2N5O/c29-23-15-20(3-4-21(23)16-31)25-33-26(34-13-10-28(11-14-34)9-12-32-17-28)24(30)27(36)35(25)22-7-5-19(6-8-22)18-1-2-18/h3-8,15,18,32H,1-2,9-14,17H2. The Bertz CT molecular complexity index is 1410. The van der Waals surface area contributed by atoms with Gasteiger partial charge in [0.25, 0.3) is 5.56 Å². The van der Waals surface area contributed by atoms with Crippen LogP contribution in [0.4, 0.5) is 14.6 Å². The predicted octanol–water partition coefficient (Wildman–Crippen LogP) is 4.51. The molecule has 184 valence electrons. The van der Waals surface area contributed by atoms with E-state index in [2.05, 4.69) is 10.3 Å². The quantitative estimate of drug-likeness (QED) is 0.586. The fourth-order valence-corrected chi connectivity index (χ4v) is 5.60. The molecule has 3 fully saturated rings. The zero-order valence-corrected chi connectivity index (χ0v) is 19.9. The van der Waals surface area contributed by atoms with E-state index in [9.17, 15) is 9.18 Å². The Hall–Kier alpha value is -3.57. The second-order valence-electron chi connectivity index (χ2n) is 10.3. The lowest BCUT2D eigenvalue weighted by Crippen LogP contribution is -2.43. The van der Waals surface area contributed by atoms with Crippen molar-refractivity contribution in [1.29, 1.82) is 5.26 Å². The van der Waals surface area contributed by atoms with Crippen molar-refractivity contribution in [1.82, 2.24) is 14.9 Å². The first-order valence-corrected chi connectivity index (χ1v) is 12.6. The summed E-state index contributed by atoms with van der Waals surface area (Å²) in [5.74, 6) is -0.912. The van der Waals surface area contributed by atoms with Crippen molar-refractivity contribution < 1.29 is 8.78 Å². The molecule has 6 rings (SSSR count). The summed E-state index contributed by atoms with van der Waals surface area (Å²) in [6.45, 7) is 3.17. The van der Waals surface area contributed by atoms with E-state index in [-0.39, 0.29) is 22.6 Å². The van der Waals surface area contributed by atoms with Crippen LogP contribution >= 0.6 is 0 Å². The highest BCUT2D eigenvalue weighted by molar-refractivity contribution is 5.63. The molecule has 1 aliphatic carbocycles. The number of hydrogen-bond acceptors (Lipinski definition) is 5. The Balaban J connectivity index is 1.45. The van der Waals surface area contributed by atoms with E-state index in [0.29, 0.717) is 30.3 Å². The first kappa shape index (κ1) is 22.9. The van der Waals surface area contributed by atoms with Crippen molar-refractivity contribution in [3.63, 3.8) is 0 Å². The van der Waals surface area contributed by atoms with Crippen LogP contribution in [0.3, 0.4) is 0 Å². The lowest BCUT2D eigenvalue weighted by molar-refractivity contribution is 0.246. The molecule has 1 N–H and O–H groups in total. The van der Waals surface area contributed by atoms with E-state index in [1.54, 1.807) is 18.2 Å². The van der Waals surface area contributed by atoms with Crippen molar-refractivity contribution in [2.24, 2.45) is 5.41 Å². The van der Waals surface area contributed by atoms with Gasteiger partial charge in [-0.25, -0.2) is 9.37 Å². The van der Waals surface area contributed by atoms with Gasteiger partial charge in [-0.1, -0.05) is 12.1 Å². The van der Waals surface area contributed by atoms with Gasteiger partial charge < -0.3 is 10.2 Å². The van der Waals surface area contributed by atoms with Gasteiger partial charge in [0, 0.05) is 25.2 Å². The van der Waals surface area contributed by atoms with E-state index >= 15 is 4.39 Å². The molecule has 6 nitrogen and oxygen atoms in total. The second-order valence-corrected chi connectivity index (χ2v) is 10.3. The zero-order valence-electron chi connectivity index (χ0n) is 19.9. The molecular formula is C28H27F2N5O. The highest BCUT2D eigenvalue weighted by Crippen LogP contribution is 2.41. The number of benzene rings is 2. The monoisotopic (exact) mass is 487 g/mol. The molecule has 0 unspecified atom stereocenters. The van der Waals surface area contributed by atoms with Gasteiger partial charge in [0.15, 0.2) is 5.82 Å². The van der Waals surface area contributed by atoms with E-state index in [4.69, 9.17) is 5.26 Å². The van der Waals surface area contributed by atoms with Crippen LogP contribution in [0.25, 0.3) is 17.1 Å². The Morgan fingerprint density at radius 1 is 1.06 bits per heavy atom. The van der Waals surface area contributed by atoms with Gasteiger partial charge in [-0.3, -0.25) is 9.36 Å². The lowest BCUT2D eigenvalue weighted by atomic mass is 9.78. The average Bonchev–Trinajstić information content (AvgIpc) is 3.66. The van der Waals surface area contributed by atoms with E-state index in [0.717, 1.165) is 45.2 Å². The fourth-order valence-electron chi connectivity index (χ4n) is 5.60. The molecule has 1 aromatic heterocycles. The third-order valence-corrected chi connectivity index (χ3v) is 8.01. The molecule has 2 aliphatic heterocycles. The van der Waals surface area contributed by atoms with Gasteiger partial charge in [-0.2, -0.15) is 9.65 Å². The number of hydrogen-bond donors (Lipinski definition) is 1. The topological polar surface area (TPSA) is 74.0 Å². The van der Waals surface area contributed by atoms with Crippen LogP contribution in [0, 0.1) is 28.4 Å². The zero-order chi connectivity index (χ0) is 24.9. The number of nitrogens with one attached hydrogen (secondary N) is 1. The average molecular weight is 488 g/mol. The van der Waals surface area contributed by atoms with Crippen LogP contribution in [0.1, 0.15) is 49.1 Å². The maximum Gasteiger partial charge on any atom is 0.296 e. The minimum Gasteiger partial charge on any atom is -0.354 e. The van der Waals surface area contributed by atoms with Crippen molar-refractivity contribution in [3.05, 3.63) is 75.6 Å². The summed E-state index contributed by atoms with van der Waals surface area (Å²) in [6, 6.07) is 13.4. The molecule has 0 amide bonds. The minimum atomic E-state index is -0.903. The van der Waals surface area contributed by atoms with Crippen LogP contribution in [-0.4, -0.2) is 35.7 Å². The Morgan fingerprint density at radius 3 is 2.42 bits per heavy atom. The number of halogens is 2. The minimum absolute atomic E-state index is 0.00595. The lowest BCUT2D eigenvalue weighted by Gasteiger charge is -2.39. The number of nitriles is 1. The van der Waals surface area contributed by atoms with Gasteiger partial charge in [-0.15, -0.1) is 0 Å². The van der Waals surface area contributed by atoms with Crippen molar-refractivity contribution in [2.45, 2.75) is 38.0 Å². The predicted molar refractivity (Wildman–Crippen MR) is 133 cm³/mol. The Labute approximate surface area is 208 Å². The normalized spacial score (nSPS) is 19.0. The molecule has 3 heterocycles. The highest BCUT2D eigenvalue weighted by atomic mass is 19.1. The fraction of sp³-hybridized carbons (Fsp3) is 0.393. The molecule has 1 spiro atoms. The Kier molecular flexibility index (Phi) is 5.60. The number of rotatable bonds is 4. The SMILES string of the molecule is N#Cc1ccc(-c2nc(N3CCC4(CCNC4)CC3)c(F)c(=O)n2-c2ccc(C3CC3)cc2)cc1F. The largest absolute Gasteiger partial charge is 0.354 e. The first-order chi connectivity index (χ1) is 17.5. The van der Waals surface area contributed by atoms with E-state index in [1.807, 2.05) is 23.1 Å². The molecule has 2 saturated heterocycles. The van der Waals surface area contributed by atoms with E-state index in [1.165, 1.54) is 22.3 Å². The summed E-state index contributed by atoms with van der Waals surface area (Å²) in [6.07, 6.45) is 5.19. The van der Waals surface area contributed by atoms with Gasteiger partial charge in [-0.05, 0) is 85.9 Å². The van der Waals surface area contributed by atoms with Crippen LogP contribution in [-0.2, 0) is 0 Å². The van der Waals surface area contributed by atoms with Crippen molar-refractivity contribution in [2.75, 3.05) is 31.1 Å². The molecule has 36 heavy (non-hydrogen) atoms. The third-order valence-electron chi connectivity index (χ3n) is 8.01. The summed E-state index contributed by atoms with van der Waals surface area (Å²) in [5, 5.41) is 12.6. The summed E-state index contributed by atoms with van der Waals surface area (Å²) >= 11 is 0. The smallest absolute Gasteiger partial charge is 0.296 e. The van der Waals surface area contributed by atoms with Crippen LogP contribution in [0.5, 0.6) is 0 Å². The molecule has 0 atom stereocenters. The first-order valence-electron chi connectivity index (χ1n) is 12.6. The van der Waals surface area contributed by atoms with Crippen LogP contribution in [0.15, 0.2) is 47.3 Å². The number of anilines is 1. The molecule has 2 aromatic carbocycles. The third kappa shape index (κ3) is 3.97. The summed E-state index contributed by atoms with van der Waals surface area (Å²) in [7, 11) is 0.